The molecule has 0 N–H and O–H groups in total. The van der Waals surface area contributed by atoms with Gasteiger partial charge < -0.3 is 4.42 Å². The number of rotatable bonds is 1. The van der Waals surface area contributed by atoms with Crippen LogP contribution in [-0.2, 0) is 0 Å². The van der Waals surface area contributed by atoms with E-state index in [-0.39, 0.29) is 5.35 Å². The lowest BCUT2D eigenvalue weighted by molar-refractivity contribution is 0.571. The molecule has 0 saturated heterocycles. The first kappa shape index (κ1) is 9.49. The number of hydrogen-bond donors (Lipinski definition) is 0. The van der Waals surface area contributed by atoms with Crippen LogP contribution in [0.15, 0.2) is 22.6 Å². The Bertz CT molecular complexity index is 468. The summed E-state index contributed by atoms with van der Waals surface area (Å²) in [5.41, 5.74) is 1.76. The molecule has 2 rings (SSSR count). The van der Waals surface area contributed by atoms with E-state index < -0.39 is 0 Å². The van der Waals surface area contributed by atoms with Gasteiger partial charge in [0.1, 0.15) is 0 Å². The molecular weight excluding hydrogens is 223 g/mol. The van der Waals surface area contributed by atoms with E-state index in [9.17, 15) is 0 Å². The topological polar surface area (TPSA) is 38.9 Å². The first-order valence-electron chi connectivity index (χ1n) is 3.92. The van der Waals surface area contributed by atoms with Gasteiger partial charge >= 0.3 is 5.35 Å². The number of aromatic nitrogens is 2. The molecule has 1 aromatic heterocycles. The minimum atomic E-state index is 0.0108. The van der Waals surface area contributed by atoms with Crippen molar-refractivity contribution in [2.75, 3.05) is 0 Å². The van der Waals surface area contributed by atoms with Crippen molar-refractivity contribution in [2.45, 2.75) is 6.92 Å². The fourth-order valence-electron chi connectivity index (χ4n) is 1.11. The maximum Gasteiger partial charge on any atom is 0.313 e. The summed E-state index contributed by atoms with van der Waals surface area (Å²) < 4.78 is 5.05. The van der Waals surface area contributed by atoms with E-state index in [1.807, 2.05) is 25.1 Å². The van der Waals surface area contributed by atoms with Crippen LogP contribution in [0.4, 0.5) is 0 Å². The molecule has 1 aromatic carbocycles. The predicted octanol–water partition coefficient (Wildman–Crippen LogP) is 3.35. The summed E-state index contributed by atoms with van der Waals surface area (Å²) in [5.74, 6) is 0.333. The van der Waals surface area contributed by atoms with Gasteiger partial charge in [0.15, 0.2) is 0 Å². The van der Waals surface area contributed by atoms with Crippen LogP contribution >= 0.6 is 23.2 Å². The van der Waals surface area contributed by atoms with Gasteiger partial charge in [-0.15, -0.1) is 5.10 Å². The van der Waals surface area contributed by atoms with Crippen LogP contribution in [0.25, 0.3) is 11.5 Å². The normalized spacial score (nSPS) is 10.5. The van der Waals surface area contributed by atoms with E-state index in [4.69, 9.17) is 27.6 Å². The Morgan fingerprint density at radius 2 is 2.00 bits per heavy atom. The van der Waals surface area contributed by atoms with Crippen molar-refractivity contribution in [1.82, 2.24) is 10.2 Å². The zero-order chi connectivity index (χ0) is 10.1. The number of nitrogens with zero attached hydrogens (tertiary/aromatic N) is 2. The number of halogens is 2. The van der Waals surface area contributed by atoms with Crippen LogP contribution in [0, 0.1) is 6.92 Å². The Morgan fingerprint density at radius 3 is 2.57 bits per heavy atom. The van der Waals surface area contributed by atoms with Gasteiger partial charge in [0.2, 0.25) is 0 Å². The van der Waals surface area contributed by atoms with Crippen molar-refractivity contribution in [2.24, 2.45) is 0 Å². The molecule has 2 aromatic rings. The lowest BCUT2D eigenvalue weighted by atomic mass is 10.1. The molecule has 72 valence electrons. The molecule has 0 unspecified atom stereocenters. The van der Waals surface area contributed by atoms with Crippen molar-refractivity contribution >= 4 is 23.2 Å². The molecule has 0 aliphatic rings. The van der Waals surface area contributed by atoms with E-state index in [0.29, 0.717) is 16.5 Å². The van der Waals surface area contributed by atoms with Gasteiger partial charge in [0.05, 0.1) is 10.6 Å². The van der Waals surface area contributed by atoms with E-state index in [1.165, 1.54) is 0 Å². The molecule has 3 nitrogen and oxygen atoms in total. The van der Waals surface area contributed by atoms with Crippen LogP contribution in [0.3, 0.4) is 0 Å². The average Bonchev–Trinajstić information content (AvgIpc) is 2.51. The summed E-state index contributed by atoms with van der Waals surface area (Å²) in [6, 6.07) is 5.57. The molecular formula is C9H6Cl2N2O. The SMILES string of the molecule is Cc1ccc(-c2nnc(Cl)o2)c(Cl)c1. The van der Waals surface area contributed by atoms with Crippen LogP contribution in [0.1, 0.15) is 5.56 Å². The summed E-state index contributed by atoms with van der Waals surface area (Å²) in [7, 11) is 0. The zero-order valence-electron chi connectivity index (χ0n) is 7.29. The van der Waals surface area contributed by atoms with Gasteiger partial charge in [-0.25, -0.2) is 0 Å². The number of hydrogen-bond acceptors (Lipinski definition) is 3. The number of aryl methyl sites for hydroxylation is 1. The van der Waals surface area contributed by atoms with Crippen molar-refractivity contribution in [3.05, 3.63) is 34.1 Å². The molecule has 0 aliphatic carbocycles. The van der Waals surface area contributed by atoms with Crippen LogP contribution < -0.4 is 0 Å². The smallest absolute Gasteiger partial charge is 0.313 e. The van der Waals surface area contributed by atoms with Crippen molar-refractivity contribution in [3.8, 4) is 11.5 Å². The van der Waals surface area contributed by atoms with Crippen LogP contribution in [-0.4, -0.2) is 10.2 Å². The van der Waals surface area contributed by atoms with Crippen LogP contribution in [0.5, 0.6) is 0 Å². The lowest BCUT2D eigenvalue weighted by Gasteiger charge is -1.99. The van der Waals surface area contributed by atoms with Crippen molar-refractivity contribution < 1.29 is 4.42 Å². The molecule has 0 atom stereocenters. The first-order valence-corrected chi connectivity index (χ1v) is 4.68. The maximum atomic E-state index is 6.00. The van der Waals surface area contributed by atoms with E-state index in [1.54, 1.807) is 0 Å². The molecule has 0 saturated carbocycles. The third-order valence-electron chi connectivity index (χ3n) is 1.76. The third-order valence-corrected chi connectivity index (χ3v) is 2.22. The minimum absolute atomic E-state index is 0.0108. The summed E-state index contributed by atoms with van der Waals surface area (Å²) in [4.78, 5) is 0. The van der Waals surface area contributed by atoms with Gasteiger partial charge in [-0.3, -0.25) is 0 Å². The summed E-state index contributed by atoms with van der Waals surface area (Å²) >= 11 is 11.5. The van der Waals surface area contributed by atoms with E-state index in [2.05, 4.69) is 10.2 Å². The quantitative estimate of drug-likeness (QED) is 0.752. The average molecular weight is 229 g/mol. The highest BCUT2D eigenvalue weighted by atomic mass is 35.5. The predicted molar refractivity (Wildman–Crippen MR) is 54.5 cm³/mol. The van der Waals surface area contributed by atoms with E-state index >= 15 is 0 Å². The Balaban J connectivity index is 2.52. The van der Waals surface area contributed by atoms with Gasteiger partial charge in [0.25, 0.3) is 5.89 Å². The molecule has 5 heteroatoms. The fraction of sp³-hybridized carbons (Fsp3) is 0.111. The highest BCUT2D eigenvalue weighted by Crippen LogP contribution is 2.28. The Morgan fingerprint density at radius 1 is 1.21 bits per heavy atom. The summed E-state index contributed by atoms with van der Waals surface area (Å²) in [5, 5.41) is 7.88. The monoisotopic (exact) mass is 228 g/mol. The molecule has 0 aliphatic heterocycles. The largest absolute Gasteiger partial charge is 0.407 e. The van der Waals surface area contributed by atoms with Crippen molar-refractivity contribution in [3.63, 3.8) is 0 Å². The van der Waals surface area contributed by atoms with Gasteiger partial charge in [-0.2, -0.15) is 0 Å². The molecule has 0 bridgehead atoms. The Hall–Kier alpha value is -1.06. The van der Waals surface area contributed by atoms with Gasteiger partial charge in [-0.1, -0.05) is 22.8 Å². The molecule has 1 heterocycles. The van der Waals surface area contributed by atoms with E-state index in [0.717, 1.165) is 5.56 Å². The molecule has 0 fully saturated rings. The second-order valence-electron chi connectivity index (χ2n) is 2.84. The first-order chi connectivity index (χ1) is 6.66. The maximum absolute atomic E-state index is 6.00. The number of benzene rings is 1. The summed E-state index contributed by atoms with van der Waals surface area (Å²) in [6.07, 6.45) is 0. The Labute approximate surface area is 90.7 Å². The molecule has 0 spiro atoms. The van der Waals surface area contributed by atoms with Crippen LogP contribution in [0.2, 0.25) is 10.4 Å². The zero-order valence-corrected chi connectivity index (χ0v) is 8.80. The molecule has 0 radical (unpaired) electrons. The van der Waals surface area contributed by atoms with Gasteiger partial charge in [-0.05, 0) is 36.2 Å². The van der Waals surface area contributed by atoms with Gasteiger partial charge in [0, 0.05) is 0 Å². The summed E-state index contributed by atoms with van der Waals surface area (Å²) in [6.45, 7) is 1.95. The second-order valence-corrected chi connectivity index (χ2v) is 3.57. The standard InChI is InChI=1S/C9H6Cl2N2O/c1-5-2-3-6(7(10)4-5)8-12-13-9(11)14-8/h2-4H,1H3. The Kier molecular flexibility index (Phi) is 2.44. The van der Waals surface area contributed by atoms with Crippen molar-refractivity contribution in [1.29, 1.82) is 0 Å². The minimum Gasteiger partial charge on any atom is -0.407 e. The highest BCUT2D eigenvalue weighted by molar-refractivity contribution is 6.33. The molecule has 14 heavy (non-hydrogen) atoms. The highest BCUT2D eigenvalue weighted by Gasteiger charge is 2.10. The fourth-order valence-corrected chi connectivity index (χ4v) is 1.53. The molecule has 0 amide bonds. The lowest BCUT2D eigenvalue weighted by Crippen LogP contribution is -1.81. The third kappa shape index (κ3) is 1.74. The second kappa shape index (κ2) is 3.59.